The van der Waals surface area contributed by atoms with Gasteiger partial charge in [0.25, 0.3) is 0 Å². The number of carbonyl (C=O) groups is 2. The maximum Gasteiger partial charge on any atom is 0.514 e. The Balaban J connectivity index is 1.96. The quantitative estimate of drug-likeness (QED) is 0.555. The largest absolute Gasteiger partial charge is 0.514 e. The Morgan fingerprint density at radius 3 is 1.23 bits per heavy atom. The van der Waals surface area contributed by atoms with E-state index in [1.54, 1.807) is 88.4 Å². The van der Waals surface area contributed by atoms with Crippen molar-refractivity contribution in [2.45, 2.75) is 38.9 Å². The lowest BCUT2D eigenvalue weighted by Gasteiger charge is -2.38. The van der Waals surface area contributed by atoms with Gasteiger partial charge in [-0.2, -0.15) is 0 Å². The van der Waals surface area contributed by atoms with E-state index >= 15 is 0 Å². The number of benzene rings is 2. The van der Waals surface area contributed by atoms with E-state index in [1.165, 1.54) is 0 Å². The lowest BCUT2D eigenvalue weighted by molar-refractivity contribution is -0.131. The van der Waals surface area contributed by atoms with Crippen LogP contribution in [-0.2, 0) is 9.47 Å². The van der Waals surface area contributed by atoms with E-state index in [9.17, 15) is 9.59 Å². The molecule has 0 fully saturated rings. The first-order valence-corrected chi connectivity index (χ1v) is 8.11. The molecule has 6 heteroatoms. The maximum absolute atomic E-state index is 12.0. The summed E-state index contributed by atoms with van der Waals surface area (Å²) in [6.07, 6.45) is -1.79. The smallest absolute Gasteiger partial charge is 0.424 e. The molecule has 2 rings (SSSR count). The summed E-state index contributed by atoms with van der Waals surface area (Å²) in [4.78, 5) is 24.1. The van der Waals surface area contributed by atoms with Crippen molar-refractivity contribution >= 4 is 12.3 Å². The molecule has 0 amide bonds. The third-order valence-corrected chi connectivity index (χ3v) is 4.02. The van der Waals surface area contributed by atoms with Crippen molar-refractivity contribution in [3.05, 3.63) is 60.7 Å². The summed E-state index contributed by atoms with van der Waals surface area (Å²) in [6.45, 7) is 6.48. The molecule has 0 saturated heterocycles. The second kappa shape index (κ2) is 7.91. The minimum Gasteiger partial charge on any atom is -0.424 e. The van der Waals surface area contributed by atoms with Crippen molar-refractivity contribution in [2.24, 2.45) is 0 Å². The van der Waals surface area contributed by atoms with Gasteiger partial charge in [-0.3, -0.25) is 0 Å². The molecule has 0 heterocycles. The average molecular weight is 358 g/mol. The third kappa shape index (κ3) is 5.24. The van der Waals surface area contributed by atoms with Crippen LogP contribution in [0.5, 0.6) is 11.5 Å². The zero-order chi connectivity index (χ0) is 19.2. The second-order valence-electron chi connectivity index (χ2n) is 6.55. The van der Waals surface area contributed by atoms with Gasteiger partial charge in [-0.25, -0.2) is 9.59 Å². The van der Waals surface area contributed by atoms with Crippen molar-refractivity contribution in [3.63, 3.8) is 0 Å². The highest BCUT2D eigenvalue weighted by Crippen LogP contribution is 2.30. The van der Waals surface area contributed by atoms with Gasteiger partial charge in [0.15, 0.2) is 0 Å². The van der Waals surface area contributed by atoms with Gasteiger partial charge < -0.3 is 18.9 Å². The number of hydrogen-bond acceptors (Lipinski definition) is 6. The molecule has 0 N–H and O–H groups in total. The van der Waals surface area contributed by atoms with Crippen LogP contribution in [-0.4, -0.2) is 23.5 Å². The predicted molar refractivity (Wildman–Crippen MR) is 95.3 cm³/mol. The molecule has 2 aromatic carbocycles. The predicted octanol–water partition coefficient (Wildman–Crippen LogP) is 4.97. The van der Waals surface area contributed by atoms with Gasteiger partial charge in [0, 0.05) is 0 Å². The second-order valence-corrected chi connectivity index (χ2v) is 6.55. The van der Waals surface area contributed by atoms with E-state index in [1.807, 2.05) is 0 Å². The molecular weight excluding hydrogens is 336 g/mol. The number of ether oxygens (including phenoxy) is 4. The highest BCUT2D eigenvalue weighted by atomic mass is 16.8. The zero-order valence-electron chi connectivity index (χ0n) is 15.2. The Hall–Kier alpha value is -3.02. The summed E-state index contributed by atoms with van der Waals surface area (Å²) in [7, 11) is 0. The normalized spacial score (nSPS) is 11.4. The number of para-hydroxylation sites is 2. The van der Waals surface area contributed by atoms with Crippen LogP contribution in [0.15, 0.2) is 60.7 Å². The monoisotopic (exact) mass is 358 g/mol. The Kier molecular flexibility index (Phi) is 5.87. The van der Waals surface area contributed by atoms with E-state index in [2.05, 4.69) is 0 Å². The zero-order valence-corrected chi connectivity index (χ0v) is 15.2. The standard InChI is InChI=1S/C20H22O6/c1-19(2,25-17(21)23-15-11-7-5-8-12-15)20(3,4)26-18(22)24-16-13-9-6-10-14-16/h5-14H,1-4H3. The van der Waals surface area contributed by atoms with Gasteiger partial charge in [-0.15, -0.1) is 0 Å². The molecule has 6 nitrogen and oxygen atoms in total. The first-order valence-electron chi connectivity index (χ1n) is 8.11. The lowest BCUT2D eigenvalue weighted by atomic mass is 9.89. The Morgan fingerprint density at radius 1 is 0.615 bits per heavy atom. The summed E-state index contributed by atoms with van der Waals surface area (Å²) in [6, 6.07) is 17.1. The van der Waals surface area contributed by atoms with Gasteiger partial charge in [-0.05, 0) is 52.0 Å². The van der Waals surface area contributed by atoms with Crippen LogP contribution in [0.3, 0.4) is 0 Å². The van der Waals surface area contributed by atoms with Gasteiger partial charge in [0.1, 0.15) is 22.7 Å². The van der Waals surface area contributed by atoms with E-state index in [4.69, 9.17) is 18.9 Å². The highest BCUT2D eigenvalue weighted by Gasteiger charge is 2.45. The lowest BCUT2D eigenvalue weighted by Crippen LogP contribution is -2.52. The number of hydrogen-bond donors (Lipinski definition) is 0. The maximum atomic E-state index is 12.0. The molecule has 0 aliphatic carbocycles. The summed E-state index contributed by atoms with van der Waals surface area (Å²) in [5, 5.41) is 0. The van der Waals surface area contributed by atoms with Crippen molar-refractivity contribution in [2.75, 3.05) is 0 Å². The fourth-order valence-electron chi connectivity index (χ4n) is 1.87. The van der Waals surface area contributed by atoms with Crippen LogP contribution in [0.2, 0.25) is 0 Å². The van der Waals surface area contributed by atoms with E-state index < -0.39 is 23.5 Å². The van der Waals surface area contributed by atoms with Gasteiger partial charge in [0.05, 0.1) is 0 Å². The van der Waals surface area contributed by atoms with Crippen LogP contribution in [0, 0.1) is 0 Å². The molecule has 2 aromatic rings. The Morgan fingerprint density at radius 2 is 0.923 bits per heavy atom. The fraction of sp³-hybridized carbons (Fsp3) is 0.300. The fourth-order valence-corrected chi connectivity index (χ4v) is 1.87. The summed E-state index contributed by atoms with van der Waals surface area (Å²) >= 11 is 0. The molecule has 0 saturated carbocycles. The van der Waals surface area contributed by atoms with E-state index in [0.29, 0.717) is 11.5 Å². The molecule has 26 heavy (non-hydrogen) atoms. The number of carbonyl (C=O) groups excluding carboxylic acids is 2. The first-order chi connectivity index (χ1) is 12.2. The Bertz CT molecular complexity index is 672. The summed E-state index contributed by atoms with van der Waals surface area (Å²) in [5.41, 5.74) is -2.34. The molecular formula is C20H22O6. The highest BCUT2D eigenvalue weighted by molar-refractivity contribution is 5.66. The summed E-state index contributed by atoms with van der Waals surface area (Å²) < 4.78 is 21.0. The van der Waals surface area contributed by atoms with Gasteiger partial charge in [0.2, 0.25) is 0 Å². The first kappa shape index (κ1) is 19.3. The minimum absolute atomic E-state index is 0.357. The molecule has 0 aliphatic heterocycles. The molecule has 0 spiro atoms. The molecule has 0 atom stereocenters. The third-order valence-electron chi connectivity index (χ3n) is 4.02. The summed E-state index contributed by atoms with van der Waals surface area (Å²) in [5.74, 6) is 0.714. The molecule has 0 bridgehead atoms. The SMILES string of the molecule is CC(C)(OC(=O)Oc1ccccc1)C(C)(C)OC(=O)Oc1ccccc1. The van der Waals surface area contributed by atoms with Crippen molar-refractivity contribution < 1.29 is 28.5 Å². The minimum atomic E-state index is -1.17. The molecule has 0 aliphatic rings. The molecule has 138 valence electrons. The topological polar surface area (TPSA) is 71.1 Å². The van der Waals surface area contributed by atoms with E-state index in [-0.39, 0.29) is 0 Å². The average Bonchev–Trinajstić information content (AvgIpc) is 2.55. The van der Waals surface area contributed by atoms with Crippen LogP contribution in [0.4, 0.5) is 9.59 Å². The number of rotatable bonds is 5. The van der Waals surface area contributed by atoms with Crippen LogP contribution in [0.1, 0.15) is 27.7 Å². The van der Waals surface area contributed by atoms with Gasteiger partial charge >= 0.3 is 12.3 Å². The van der Waals surface area contributed by atoms with Crippen LogP contribution >= 0.6 is 0 Å². The van der Waals surface area contributed by atoms with Crippen molar-refractivity contribution in [3.8, 4) is 11.5 Å². The molecule has 0 aromatic heterocycles. The molecule has 0 radical (unpaired) electrons. The molecule has 0 unspecified atom stereocenters. The van der Waals surface area contributed by atoms with Gasteiger partial charge in [-0.1, -0.05) is 36.4 Å². The van der Waals surface area contributed by atoms with Crippen molar-refractivity contribution in [1.29, 1.82) is 0 Å². The van der Waals surface area contributed by atoms with E-state index in [0.717, 1.165) is 0 Å². The Labute approximate surface area is 152 Å². The van der Waals surface area contributed by atoms with Crippen molar-refractivity contribution in [1.82, 2.24) is 0 Å². The van der Waals surface area contributed by atoms with Crippen LogP contribution in [0.25, 0.3) is 0 Å². The van der Waals surface area contributed by atoms with Crippen LogP contribution < -0.4 is 9.47 Å².